The van der Waals surface area contributed by atoms with E-state index in [1.165, 1.54) is 18.4 Å². The molecule has 1 heterocycles. The van der Waals surface area contributed by atoms with Crippen molar-refractivity contribution in [2.24, 2.45) is 0 Å². The molecular weight excluding hydrogens is 312 g/mol. The second-order valence-corrected chi connectivity index (χ2v) is 12.4. The molecule has 0 saturated carbocycles. The molecule has 1 saturated heterocycles. The number of ether oxygens (including phenoxy) is 2. The van der Waals surface area contributed by atoms with Gasteiger partial charge in [0, 0.05) is 13.0 Å². The summed E-state index contributed by atoms with van der Waals surface area (Å²) in [5.41, 5.74) is 4.88. The van der Waals surface area contributed by atoms with Gasteiger partial charge in [-0.1, -0.05) is 50.0 Å². The maximum atomic E-state index is 5.94. The quantitative estimate of drug-likeness (QED) is 0.489. The topological polar surface area (TPSA) is 18.5 Å². The van der Waals surface area contributed by atoms with Crippen LogP contribution in [0.5, 0.6) is 0 Å². The lowest BCUT2D eigenvalue weighted by molar-refractivity contribution is -0.163. The molecule has 0 N–H and O–H groups in total. The van der Waals surface area contributed by atoms with E-state index in [0.29, 0.717) is 5.92 Å². The summed E-state index contributed by atoms with van der Waals surface area (Å²) in [5.74, 6) is 3.93. The maximum absolute atomic E-state index is 5.94. The molecule has 0 aromatic heterocycles. The van der Waals surface area contributed by atoms with Crippen LogP contribution in [0.2, 0.25) is 19.6 Å². The summed E-state index contributed by atoms with van der Waals surface area (Å²) in [7, 11) is -1.26. The van der Waals surface area contributed by atoms with Crippen LogP contribution in [0.4, 0.5) is 0 Å². The SMILES string of the molecule is C[Si](C)(C)C#CCCC(CCOC1CCCCO1)c1ccccc1. The third kappa shape index (κ3) is 7.66. The first-order chi connectivity index (χ1) is 11.5. The van der Waals surface area contributed by atoms with E-state index in [0.717, 1.165) is 38.9 Å². The molecule has 24 heavy (non-hydrogen) atoms. The monoisotopic (exact) mass is 344 g/mol. The number of benzene rings is 1. The smallest absolute Gasteiger partial charge is 0.157 e. The van der Waals surface area contributed by atoms with Crippen molar-refractivity contribution >= 4 is 8.07 Å². The normalized spacial score (nSPS) is 19.4. The highest BCUT2D eigenvalue weighted by Crippen LogP contribution is 2.25. The van der Waals surface area contributed by atoms with Gasteiger partial charge < -0.3 is 9.47 Å². The summed E-state index contributed by atoms with van der Waals surface area (Å²) in [5, 5.41) is 0. The molecule has 1 aliphatic rings. The van der Waals surface area contributed by atoms with E-state index in [-0.39, 0.29) is 6.29 Å². The molecule has 1 fully saturated rings. The Bertz CT molecular complexity index is 518. The molecule has 0 bridgehead atoms. The third-order valence-corrected chi connectivity index (χ3v) is 5.19. The highest BCUT2D eigenvalue weighted by Gasteiger charge is 2.16. The Labute approximate surface area is 149 Å². The summed E-state index contributed by atoms with van der Waals surface area (Å²) in [6, 6.07) is 10.8. The Hall–Kier alpha value is -1.08. The summed E-state index contributed by atoms with van der Waals surface area (Å²) in [6.45, 7) is 8.51. The zero-order valence-corrected chi connectivity index (χ0v) is 16.5. The lowest BCUT2D eigenvalue weighted by atomic mass is 9.91. The van der Waals surface area contributed by atoms with E-state index < -0.39 is 8.07 Å². The van der Waals surface area contributed by atoms with Crippen molar-refractivity contribution in [3.8, 4) is 11.5 Å². The Morgan fingerprint density at radius 3 is 2.62 bits per heavy atom. The van der Waals surface area contributed by atoms with Crippen LogP contribution in [0.15, 0.2) is 30.3 Å². The van der Waals surface area contributed by atoms with Gasteiger partial charge in [-0.25, -0.2) is 0 Å². The fourth-order valence-corrected chi connectivity index (χ4v) is 3.62. The number of hydrogen-bond donors (Lipinski definition) is 0. The van der Waals surface area contributed by atoms with Crippen LogP contribution in [0.1, 0.15) is 50.0 Å². The molecule has 1 aromatic carbocycles. The molecule has 3 heteroatoms. The summed E-state index contributed by atoms with van der Waals surface area (Å²) >= 11 is 0. The van der Waals surface area contributed by atoms with Crippen LogP contribution < -0.4 is 0 Å². The van der Waals surface area contributed by atoms with E-state index in [1.807, 2.05) is 0 Å². The van der Waals surface area contributed by atoms with Crippen LogP contribution in [-0.4, -0.2) is 27.6 Å². The third-order valence-electron chi connectivity index (χ3n) is 4.26. The first-order valence-electron chi connectivity index (χ1n) is 9.33. The van der Waals surface area contributed by atoms with Gasteiger partial charge in [-0.3, -0.25) is 0 Å². The predicted octanol–water partition coefficient (Wildman–Crippen LogP) is 5.36. The number of rotatable bonds is 7. The minimum atomic E-state index is -1.26. The molecule has 0 aliphatic carbocycles. The van der Waals surface area contributed by atoms with E-state index >= 15 is 0 Å². The van der Waals surface area contributed by atoms with Crippen molar-refractivity contribution in [2.45, 2.75) is 70.4 Å². The van der Waals surface area contributed by atoms with Gasteiger partial charge in [0.15, 0.2) is 6.29 Å². The summed E-state index contributed by atoms with van der Waals surface area (Å²) in [4.78, 5) is 0. The molecule has 0 amide bonds. The molecule has 1 aromatic rings. The molecule has 0 spiro atoms. The Morgan fingerprint density at radius 1 is 1.17 bits per heavy atom. The first-order valence-corrected chi connectivity index (χ1v) is 12.8. The van der Waals surface area contributed by atoms with Gasteiger partial charge in [0.05, 0.1) is 6.61 Å². The van der Waals surface area contributed by atoms with Crippen LogP contribution >= 0.6 is 0 Å². The fourth-order valence-electron chi connectivity index (χ4n) is 2.96. The molecular formula is C21H32O2Si. The Balaban J connectivity index is 1.84. The highest BCUT2D eigenvalue weighted by molar-refractivity contribution is 6.83. The fraction of sp³-hybridized carbons (Fsp3) is 0.619. The summed E-state index contributed by atoms with van der Waals surface area (Å²) in [6.07, 6.45) is 6.57. The molecule has 2 unspecified atom stereocenters. The van der Waals surface area contributed by atoms with E-state index in [4.69, 9.17) is 9.47 Å². The lowest BCUT2D eigenvalue weighted by Gasteiger charge is -2.24. The maximum Gasteiger partial charge on any atom is 0.157 e. The highest BCUT2D eigenvalue weighted by atomic mass is 28.3. The van der Waals surface area contributed by atoms with E-state index in [2.05, 4.69) is 61.4 Å². The molecule has 2 atom stereocenters. The van der Waals surface area contributed by atoms with Crippen LogP contribution in [0.25, 0.3) is 0 Å². The zero-order valence-electron chi connectivity index (χ0n) is 15.5. The van der Waals surface area contributed by atoms with Crippen LogP contribution in [-0.2, 0) is 9.47 Å². The molecule has 0 radical (unpaired) electrons. The Kier molecular flexibility index (Phi) is 8.04. The average Bonchev–Trinajstić information content (AvgIpc) is 2.58. The van der Waals surface area contributed by atoms with Crippen LogP contribution in [0, 0.1) is 11.5 Å². The van der Waals surface area contributed by atoms with Crippen molar-refractivity contribution in [1.82, 2.24) is 0 Å². The predicted molar refractivity (Wildman–Crippen MR) is 104 cm³/mol. The molecule has 2 rings (SSSR count). The van der Waals surface area contributed by atoms with Crippen molar-refractivity contribution in [3.05, 3.63) is 35.9 Å². The minimum absolute atomic E-state index is 0.0156. The molecule has 1 aliphatic heterocycles. The van der Waals surface area contributed by atoms with Gasteiger partial charge >= 0.3 is 0 Å². The lowest BCUT2D eigenvalue weighted by Crippen LogP contribution is -2.23. The van der Waals surface area contributed by atoms with Gasteiger partial charge in [-0.2, -0.15) is 0 Å². The van der Waals surface area contributed by atoms with Crippen molar-refractivity contribution in [1.29, 1.82) is 0 Å². The van der Waals surface area contributed by atoms with Gasteiger partial charge in [0.25, 0.3) is 0 Å². The van der Waals surface area contributed by atoms with Crippen LogP contribution in [0.3, 0.4) is 0 Å². The zero-order chi connectivity index (χ0) is 17.3. The average molecular weight is 345 g/mol. The Morgan fingerprint density at radius 2 is 1.96 bits per heavy atom. The van der Waals surface area contributed by atoms with Gasteiger partial charge in [-0.15, -0.1) is 11.5 Å². The molecule has 132 valence electrons. The second kappa shape index (κ2) is 10.0. The van der Waals surface area contributed by atoms with Crippen molar-refractivity contribution in [3.63, 3.8) is 0 Å². The van der Waals surface area contributed by atoms with Crippen molar-refractivity contribution in [2.75, 3.05) is 13.2 Å². The van der Waals surface area contributed by atoms with Crippen molar-refractivity contribution < 1.29 is 9.47 Å². The standard InChI is InChI=1S/C21H32O2Si/c1-24(2,3)18-10-8-13-20(19-11-5-4-6-12-19)15-17-23-21-14-7-9-16-22-21/h4-6,11-12,20-21H,7-9,13-17H2,1-3H3. The molecule has 2 nitrogen and oxygen atoms in total. The first kappa shape index (κ1) is 19.2. The minimum Gasteiger partial charge on any atom is -0.353 e. The van der Waals surface area contributed by atoms with Gasteiger partial charge in [0.2, 0.25) is 0 Å². The van der Waals surface area contributed by atoms with Gasteiger partial charge in [0.1, 0.15) is 8.07 Å². The van der Waals surface area contributed by atoms with E-state index in [1.54, 1.807) is 0 Å². The number of hydrogen-bond acceptors (Lipinski definition) is 2. The summed E-state index contributed by atoms with van der Waals surface area (Å²) < 4.78 is 11.6. The van der Waals surface area contributed by atoms with Gasteiger partial charge in [-0.05, 0) is 43.6 Å². The van der Waals surface area contributed by atoms with E-state index in [9.17, 15) is 0 Å². The largest absolute Gasteiger partial charge is 0.353 e. The second-order valence-electron chi connectivity index (χ2n) is 7.65.